The van der Waals surface area contributed by atoms with Crippen LogP contribution in [0.25, 0.3) is 0 Å². The fourth-order valence-corrected chi connectivity index (χ4v) is 5.89. The van der Waals surface area contributed by atoms with Crippen LogP contribution in [0.5, 0.6) is 0 Å². The quantitative estimate of drug-likeness (QED) is 0.609. The number of sulfonamides is 1. The highest BCUT2D eigenvalue weighted by molar-refractivity contribution is 7.89. The molecular weight excluding hydrogens is 442 g/mol. The van der Waals surface area contributed by atoms with E-state index in [1.165, 1.54) is 24.8 Å². The predicted molar refractivity (Wildman–Crippen MR) is 124 cm³/mol. The number of carbonyl (C=O) groups is 1. The summed E-state index contributed by atoms with van der Waals surface area (Å²) >= 11 is 0. The van der Waals surface area contributed by atoms with Crippen LogP contribution in [0.3, 0.4) is 0 Å². The molecule has 0 atom stereocenters. The maximum absolute atomic E-state index is 13.2. The van der Waals surface area contributed by atoms with E-state index in [1.807, 2.05) is 6.92 Å². The molecule has 1 aliphatic heterocycles. The number of nitrogens with zero attached hydrogens (tertiary/aromatic N) is 1. The van der Waals surface area contributed by atoms with Crippen LogP contribution < -0.4 is 10.0 Å². The molecule has 1 aromatic carbocycles. The van der Waals surface area contributed by atoms with Gasteiger partial charge in [0.05, 0.1) is 30.9 Å². The minimum Gasteiger partial charge on any atom is -0.468 e. The molecule has 2 aromatic rings. The van der Waals surface area contributed by atoms with Gasteiger partial charge in [0.15, 0.2) is 0 Å². The van der Waals surface area contributed by atoms with Crippen LogP contribution in [-0.2, 0) is 21.3 Å². The number of amides is 1. The first-order chi connectivity index (χ1) is 15.9. The van der Waals surface area contributed by atoms with Crippen LogP contribution in [0.2, 0.25) is 0 Å². The van der Waals surface area contributed by atoms with E-state index in [0.717, 1.165) is 57.6 Å². The SMILES string of the molecule is Cc1ccc(S(=O)(=O)NCc2ccco2)cc1C(=O)NCC1(N2CCOCC2)CCCCC1. The van der Waals surface area contributed by atoms with Crippen molar-refractivity contribution in [2.75, 3.05) is 32.8 Å². The smallest absolute Gasteiger partial charge is 0.251 e. The normalized spacial score (nSPS) is 19.3. The van der Waals surface area contributed by atoms with E-state index < -0.39 is 10.0 Å². The molecule has 2 fully saturated rings. The number of furan rings is 1. The van der Waals surface area contributed by atoms with E-state index in [0.29, 0.717) is 17.9 Å². The fraction of sp³-hybridized carbons (Fsp3) is 0.542. The average molecular weight is 476 g/mol. The van der Waals surface area contributed by atoms with Gasteiger partial charge in [0.25, 0.3) is 5.91 Å². The number of rotatable bonds is 8. The molecule has 33 heavy (non-hydrogen) atoms. The van der Waals surface area contributed by atoms with Gasteiger partial charge in [0.2, 0.25) is 10.0 Å². The summed E-state index contributed by atoms with van der Waals surface area (Å²) in [4.78, 5) is 15.7. The van der Waals surface area contributed by atoms with Crippen LogP contribution in [0.1, 0.15) is 53.8 Å². The molecule has 1 aromatic heterocycles. The number of hydrogen-bond donors (Lipinski definition) is 2. The van der Waals surface area contributed by atoms with Crippen molar-refractivity contribution in [2.24, 2.45) is 0 Å². The lowest BCUT2D eigenvalue weighted by atomic mass is 9.79. The Bertz CT molecular complexity index is 1040. The molecule has 2 N–H and O–H groups in total. The molecule has 0 spiro atoms. The Morgan fingerprint density at radius 1 is 1.12 bits per heavy atom. The van der Waals surface area contributed by atoms with Crippen molar-refractivity contribution >= 4 is 15.9 Å². The van der Waals surface area contributed by atoms with Crippen molar-refractivity contribution in [3.05, 3.63) is 53.5 Å². The summed E-state index contributed by atoms with van der Waals surface area (Å²) in [5.74, 6) is 0.276. The van der Waals surface area contributed by atoms with E-state index in [4.69, 9.17) is 9.15 Å². The van der Waals surface area contributed by atoms with Crippen LogP contribution in [0, 0.1) is 6.92 Å². The van der Waals surface area contributed by atoms with Gasteiger partial charge in [0.1, 0.15) is 5.76 Å². The maximum atomic E-state index is 13.2. The molecule has 9 heteroatoms. The summed E-state index contributed by atoms with van der Waals surface area (Å²) in [7, 11) is -3.79. The standard InChI is InChI=1S/C24H33N3O5S/c1-19-7-8-21(33(29,30)26-17-20-6-5-13-32-20)16-22(19)23(28)25-18-24(9-3-2-4-10-24)27-11-14-31-15-12-27/h5-8,13,16,26H,2-4,9-12,14-15,17-18H2,1H3,(H,25,28). The molecule has 8 nitrogen and oxygen atoms in total. The van der Waals surface area contributed by atoms with E-state index >= 15 is 0 Å². The van der Waals surface area contributed by atoms with Gasteiger partial charge in [-0.15, -0.1) is 0 Å². The molecule has 1 amide bonds. The number of aryl methyl sites for hydroxylation is 1. The van der Waals surface area contributed by atoms with Crippen molar-refractivity contribution in [3.63, 3.8) is 0 Å². The molecule has 2 heterocycles. The molecule has 2 aliphatic rings. The average Bonchev–Trinajstić information content (AvgIpc) is 3.37. The highest BCUT2D eigenvalue weighted by Gasteiger charge is 2.39. The Morgan fingerprint density at radius 3 is 2.58 bits per heavy atom. The summed E-state index contributed by atoms with van der Waals surface area (Å²) in [6, 6.07) is 8.05. The zero-order valence-corrected chi connectivity index (χ0v) is 20.0. The van der Waals surface area contributed by atoms with Crippen LogP contribution in [0.4, 0.5) is 0 Å². The highest BCUT2D eigenvalue weighted by atomic mass is 32.2. The Hall–Kier alpha value is -2.20. The van der Waals surface area contributed by atoms with E-state index in [9.17, 15) is 13.2 Å². The first kappa shape index (κ1) is 23.9. The molecule has 1 saturated heterocycles. The van der Waals surface area contributed by atoms with Gasteiger partial charge in [-0.3, -0.25) is 9.69 Å². The zero-order valence-electron chi connectivity index (χ0n) is 19.1. The monoisotopic (exact) mass is 475 g/mol. The third-order valence-corrected chi connectivity index (χ3v) is 8.22. The predicted octanol–water partition coefficient (Wildman–Crippen LogP) is 2.83. The molecule has 0 radical (unpaired) electrons. The lowest BCUT2D eigenvalue weighted by Crippen LogP contribution is -2.59. The zero-order chi connectivity index (χ0) is 23.3. The lowest BCUT2D eigenvalue weighted by Gasteiger charge is -2.48. The maximum Gasteiger partial charge on any atom is 0.251 e. The molecule has 0 unspecified atom stereocenters. The lowest BCUT2D eigenvalue weighted by molar-refractivity contribution is -0.0361. The van der Waals surface area contributed by atoms with Gasteiger partial charge in [-0.05, 0) is 49.6 Å². The Balaban J connectivity index is 1.47. The summed E-state index contributed by atoms with van der Waals surface area (Å²) < 4.78 is 38.8. The summed E-state index contributed by atoms with van der Waals surface area (Å²) in [6.45, 7) is 5.62. The molecular formula is C24H33N3O5S. The third kappa shape index (κ3) is 5.66. The number of morpholine rings is 1. The van der Waals surface area contributed by atoms with Crippen molar-refractivity contribution in [1.29, 1.82) is 0 Å². The van der Waals surface area contributed by atoms with Gasteiger partial charge in [-0.1, -0.05) is 25.3 Å². The van der Waals surface area contributed by atoms with Gasteiger partial charge in [0, 0.05) is 30.7 Å². The minimum atomic E-state index is -3.79. The summed E-state index contributed by atoms with van der Waals surface area (Å²) in [5.41, 5.74) is 1.06. The second kappa shape index (κ2) is 10.4. The number of ether oxygens (including phenoxy) is 1. The number of hydrogen-bond acceptors (Lipinski definition) is 6. The molecule has 4 rings (SSSR count). The van der Waals surface area contributed by atoms with Gasteiger partial charge >= 0.3 is 0 Å². The van der Waals surface area contributed by atoms with Crippen LogP contribution in [0.15, 0.2) is 45.9 Å². The van der Waals surface area contributed by atoms with Crippen molar-refractivity contribution in [2.45, 2.75) is 56.0 Å². The van der Waals surface area contributed by atoms with Crippen molar-refractivity contribution in [3.8, 4) is 0 Å². The van der Waals surface area contributed by atoms with E-state index in [-0.39, 0.29) is 22.9 Å². The van der Waals surface area contributed by atoms with E-state index in [1.54, 1.807) is 18.2 Å². The second-order valence-corrected chi connectivity index (χ2v) is 10.7. The Kier molecular flexibility index (Phi) is 7.53. The summed E-state index contributed by atoms with van der Waals surface area (Å²) in [6.07, 6.45) is 7.13. The van der Waals surface area contributed by atoms with Crippen LogP contribution >= 0.6 is 0 Å². The molecule has 180 valence electrons. The van der Waals surface area contributed by atoms with Crippen molar-refractivity contribution < 1.29 is 22.4 Å². The molecule has 0 bridgehead atoms. The van der Waals surface area contributed by atoms with Crippen molar-refractivity contribution in [1.82, 2.24) is 14.9 Å². The number of benzene rings is 1. The van der Waals surface area contributed by atoms with Gasteiger partial charge in [-0.25, -0.2) is 13.1 Å². The van der Waals surface area contributed by atoms with E-state index in [2.05, 4.69) is 14.9 Å². The highest BCUT2D eigenvalue weighted by Crippen LogP contribution is 2.34. The van der Waals surface area contributed by atoms with Gasteiger partial charge < -0.3 is 14.5 Å². The second-order valence-electron chi connectivity index (χ2n) is 8.95. The third-order valence-electron chi connectivity index (χ3n) is 6.82. The first-order valence-electron chi connectivity index (χ1n) is 11.6. The molecule has 1 saturated carbocycles. The molecule has 1 aliphatic carbocycles. The topological polar surface area (TPSA) is 101 Å². The Labute approximate surface area is 195 Å². The minimum absolute atomic E-state index is 0.0484. The number of nitrogens with one attached hydrogen (secondary N) is 2. The summed E-state index contributed by atoms with van der Waals surface area (Å²) in [5, 5.41) is 3.13. The van der Waals surface area contributed by atoms with Gasteiger partial charge in [-0.2, -0.15) is 0 Å². The first-order valence-corrected chi connectivity index (χ1v) is 13.1. The van der Waals surface area contributed by atoms with Crippen LogP contribution in [-0.4, -0.2) is 57.6 Å². The Morgan fingerprint density at radius 2 is 1.88 bits per heavy atom. The largest absolute Gasteiger partial charge is 0.468 e. The fourth-order valence-electron chi connectivity index (χ4n) is 4.87. The number of carbonyl (C=O) groups excluding carboxylic acids is 1.